The highest BCUT2D eigenvalue weighted by molar-refractivity contribution is 6.30. The van der Waals surface area contributed by atoms with Crippen molar-refractivity contribution in [1.29, 1.82) is 0 Å². The van der Waals surface area contributed by atoms with Gasteiger partial charge in [0.05, 0.1) is 0 Å². The lowest BCUT2D eigenvalue weighted by Crippen LogP contribution is -2.03. The molecule has 0 amide bonds. The number of ether oxygens (including phenoxy) is 1. The summed E-state index contributed by atoms with van der Waals surface area (Å²) in [6, 6.07) is 7.09. The molecule has 0 saturated carbocycles. The Kier molecular flexibility index (Phi) is 3.44. The number of aromatic nitrogens is 2. The van der Waals surface area contributed by atoms with E-state index in [9.17, 15) is 0 Å². The van der Waals surface area contributed by atoms with E-state index in [4.69, 9.17) is 22.1 Å². The average Bonchev–Trinajstić information content (AvgIpc) is 2.28. The zero-order valence-electron chi connectivity index (χ0n) is 9.35. The number of nitrogen functional groups attached to an aromatic ring is 1. The first-order chi connectivity index (χ1) is 8.15. The molecule has 0 unspecified atom stereocenters. The third-order valence-corrected chi connectivity index (χ3v) is 2.46. The fraction of sp³-hybridized carbons (Fsp3) is 0.167. The first kappa shape index (κ1) is 11.7. The zero-order valence-corrected chi connectivity index (χ0v) is 10.1. The van der Waals surface area contributed by atoms with Crippen LogP contribution >= 0.6 is 11.6 Å². The van der Waals surface area contributed by atoms with E-state index in [1.807, 2.05) is 19.1 Å². The lowest BCUT2D eigenvalue weighted by Gasteiger charge is -2.08. The molecule has 17 heavy (non-hydrogen) atoms. The van der Waals surface area contributed by atoms with Gasteiger partial charge in [0.15, 0.2) is 5.82 Å². The molecule has 0 aliphatic rings. The summed E-state index contributed by atoms with van der Waals surface area (Å²) in [5.41, 5.74) is 6.53. The normalized spacial score (nSPS) is 10.2. The van der Waals surface area contributed by atoms with Gasteiger partial charge in [-0.3, -0.25) is 0 Å². The van der Waals surface area contributed by atoms with Crippen LogP contribution in [-0.2, 0) is 6.61 Å². The van der Waals surface area contributed by atoms with Crippen LogP contribution in [0.15, 0.2) is 30.5 Å². The molecule has 0 radical (unpaired) electrons. The van der Waals surface area contributed by atoms with Gasteiger partial charge in [0.1, 0.15) is 18.2 Å². The lowest BCUT2D eigenvalue weighted by molar-refractivity contribution is 0.294. The van der Waals surface area contributed by atoms with Gasteiger partial charge in [-0.1, -0.05) is 11.6 Å². The van der Waals surface area contributed by atoms with Gasteiger partial charge in [-0.05, 0) is 36.8 Å². The maximum absolute atomic E-state index is 5.86. The second-order valence-corrected chi connectivity index (χ2v) is 4.03. The maximum Gasteiger partial charge on any atom is 0.168 e. The van der Waals surface area contributed by atoms with Crippen LogP contribution in [0.25, 0.3) is 0 Å². The van der Waals surface area contributed by atoms with Crippen molar-refractivity contribution < 1.29 is 4.74 Å². The standard InChI is InChI=1S/C12H12ClN3O/c1-8-6-9(13)2-3-10(8)17-7-12-15-5-4-11(14)16-12/h2-6H,7H2,1H3,(H2,14,15,16). The highest BCUT2D eigenvalue weighted by Gasteiger charge is 2.02. The Balaban J connectivity index is 2.07. The number of halogens is 1. The Labute approximate surface area is 104 Å². The van der Waals surface area contributed by atoms with Gasteiger partial charge in [-0.15, -0.1) is 0 Å². The summed E-state index contributed by atoms with van der Waals surface area (Å²) in [7, 11) is 0. The molecule has 0 fully saturated rings. The maximum atomic E-state index is 5.86. The Morgan fingerprint density at radius 2 is 2.18 bits per heavy atom. The molecule has 0 saturated heterocycles. The second kappa shape index (κ2) is 5.01. The molecule has 2 N–H and O–H groups in total. The monoisotopic (exact) mass is 249 g/mol. The Bertz CT molecular complexity index is 531. The van der Waals surface area contributed by atoms with Crippen molar-refractivity contribution in [2.24, 2.45) is 0 Å². The summed E-state index contributed by atoms with van der Waals surface area (Å²) in [6.45, 7) is 2.22. The van der Waals surface area contributed by atoms with Gasteiger partial charge in [-0.2, -0.15) is 0 Å². The minimum atomic E-state index is 0.285. The van der Waals surface area contributed by atoms with Crippen LogP contribution in [0.4, 0.5) is 5.82 Å². The topological polar surface area (TPSA) is 61.0 Å². The molecule has 4 nitrogen and oxygen atoms in total. The van der Waals surface area contributed by atoms with Crippen LogP contribution in [-0.4, -0.2) is 9.97 Å². The van der Waals surface area contributed by atoms with Gasteiger partial charge in [0.2, 0.25) is 0 Å². The van der Waals surface area contributed by atoms with Crippen LogP contribution in [0.3, 0.4) is 0 Å². The Hall–Kier alpha value is -1.81. The van der Waals surface area contributed by atoms with E-state index >= 15 is 0 Å². The molecule has 5 heteroatoms. The number of nitrogens with two attached hydrogens (primary N) is 1. The van der Waals surface area contributed by atoms with Crippen molar-refractivity contribution in [1.82, 2.24) is 9.97 Å². The number of hydrogen-bond acceptors (Lipinski definition) is 4. The van der Waals surface area contributed by atoms with Crippen LogP contribution in [0, 0.1) is 6.92 Å². The summed E-state index contributed by atoms with van der Waals surface area (Å²) in [5.74, 6) is 1.76. The van der Waals surface area contributed by atoms with Gasteiger partial charge in [0, 0.05) is 11.2 Å². The summed E-state index contributed by atoms with van der Waals surface area (Å²) in [4.78, 5) is 8.11. The average molecular weight is 250 g/mol. The fourth-order valence-corrected chi connectivity index (χ4v) is 1.63. The number of benzene rings is 1. The molecule has 1 aromatic carbocycles. The first-order valence-electron chi connectivity index (χ1n) is 5.11. The third kappa shape index (κ3) is 3.07. The minimum Gasteiger partial charge on any atom is -0.485 e. The third-order valence-electron chi connectivity index (χ3n) is 2.22. The molecule has 0 spiro atoms. The SMILES string of the molecule is Cc1cc(Cl)ccc1OCc1nccc(N)n1. The molecule has 0 atom stereocenters. The van der Waals surface area contributed by atoms with Crippen molar-refractivity contribution in [3.63, 3.8) is 0 Å². The second-order valence-electron chi connectivity index (χ2n) is 3.60. The van der Waals surface area contributed by atoms with Crippen LogP contribution in [0.5, 0.6) is 5.75 Å². The highest BCUT2D eigenvalue weighted by atomic mass is 35.5. The first-order valence-corrected chi connectivity index (χ1v) is 5.49. The van der Waals surface area contributed by atoms with Gasteiger partial charge in [-0.25, -0.2) is 9.97 Å². The molecular weight excluding hydrogens is 238 g/mol. The lowest BCUT2D eigenvalue weighted by atomic mass is 10.2. The molecule has 0 bridgehead atoms. The smallest absolute Gasteiger partial charge is 0.168 e. The van der Waals surface area contributed by atoms with E-state index in [0.29, 0.717) is 16.7 Å². The molecule has 1 aromatic heterocycles. The molecule has 2 rings (SSSR count). The van der Waals surface area contributed by atoms with Crippen LogP contribution < -0.4 is 10.5 Å². The van der Waals surface area contributed by atoms with Crippen molar-refractivity contribution in [3.05, 3.63) is 46.9 Å². The van der Waals surface area contributed by atoms with Gasteiger partial charge < -0.3 is 10.5 Å². The van der Waals surface area contributed by atoms with Crippen molar-refractivity contribution in [2.45, 2.75) is 13.5 Å². The molecule has 88 valence electrons. The summed E-state index contributed by atoms with van der Waals surface area (Å²) in [5, 5.41) is 0.690. The predicted octanol–water partition coefficient (Wildman–Crippen LogP) is 2.60. The number of rotatable bonds is 3. The summed E-state index contributed by atoms with van der Waals surface area (Å²) in [6.07, 6.45) is 1.61. The number of hydrogen-bond donors (Lipinski definition) is 1. The van der Waals surface area contributed by atoms with E-state index in [0.717, 1.165) is 11.3 Å². The molecule has 2 aromatic rings. The van der Waals surface area contributed by atoms with E-state index in [1.54, 1.807) is 18.3 Å². The fourth-order valence-electron chi connectivity index (χ4n) is 1.40. The van der Waals surface area contributed by atoms with Crippen molar-refractivity contribution in [2.75, 3.05) is 5.73 Å². The van der Waals surface area contributed by atoms with Crippen LogP contribution in [0.1, 0.15) is 11.4 Å². The van der Waals surface area contributed by atoms with E-state index in [1.165, 1.54) is 0 Å². The van der Waals surface area contributed by atoms with Gasteiger partial charge in [0.25, 0.3) is 0 Å². The molecule has 0 aliphatic carbocycles. The highest BCUT2D eigenvalue weighted by Crippen LogP contribution is 2.22. The number of aryl methyl sites for hydroxylation is 1. The van der Waals surface area contributed by atoms with E-state index in [2.05, 4.69) is 9.97 Å². The van der Waals surface area contributed by atoms with Crippen LogP contribution in [0.2, 0.25) is 5.02 Å². The Morgan fingerprint density at radius 1 is 1.35 bits per heavy atom. The van der Waals surface area contributed by atoms with Crippen molar-refractivity contribution >= 4 is 17.4 Å². The van der Waals surface area contributed by atoms with E-state index in [-0.39, 0.29) is 6.61 Å². The molecule has 0 aliphatic heterocycles. The number of anilines is 1. The Morgan fingerprint density at radius 3 is 2.88 bits per heavy atom. The largest absolute Gasteiger partial charge is 0.485 e. The van der Waals surface area contributed by atoms with E-state index < -0.39 is 0 Å². The quantitative estimate of drug-likeness (QED) is 0.908. The summed E-state index contributed by atoms with van der Waals surface area (Å²) < 4.78 is 5.59. The minimum absolute atomic E-state index is 0.285. The summed E-state index contributed by atoms with van der Waals surface area (Å²) >= 11 is 5.86. The molecular formula is C12H12ClN3O. The number of nitrogens with zero attached hydrogens (tertiary/aromatic N) is 2. The van der Waals surface area contributed by atoms with Gasteiger partial charge >= 0.3 is 0 Å². The zero-order chi connectivity index (χ0) is 12.3. The van der Waals surface area contributed by atoms with Crippen molar-refractivity contribution in [3.8, 4) is 5.75 Å². The molecule has 1 heterocycles. The predicted molar refractivity (Wildman–Crippen MR) is 67.0 cm³/mol.